The van der Waals surface area contributed by atoms with Crippen LogP contribution in [-0.2, 0) is 6.54 Å². The van der Waals surface area contributed by atoms with Crippen molar-refractivity contribution in [2.24, 2.45) is 0 Å². The van der Waals surface area contributed by atoms with Crippen molar-refractivity contribution in [1.29, 1.82) is 0 Å². The van der Waals surface area contributed by atoms with Crippen LogP contribution in [-0.4, -0.2) is 32.2 Å². The molecule has 1 aromatic carbocycles. The maximum Gasteiger partial charge on any atom is 0.252 e. The zero-order chi connectivity index (χ0) is 17.1. The van der Waals surface area contributed by atoms with E-state index in [0.717, 1.165) is 35.1 Å². The third-order valence-electron chi connectivity index (χ3n) is 4.22. The Kier molecular flexibility index (Phi) is 4.55. The number of rotatable bonds is 5. The molecular weight excluding hydrogens is 302 g/mol. The van der Waals surface area contributed by atoms with Crippen molar-refractivity contribution < 1.29 is 4.79 Å². The number of aryl methyl sites for hydroxylation is 4. The minimum atomic E-state index is -0.0579. The number of hydrogen-bond acceptors (Lipinski definition) is 4. The van der Waals surface area contributed by atoms with Gasteiger partial charge in [0.2, 0.25) is 0 Å². The van der Waals surface area contributed by atoms with Crippen molar-refractivity contribution in [3.8, 4) is 0 Å². The zero-order valence-corrected chi connectivity index (χ0v) is 14.2. The topological polar surface area (TPSA) is 72.7 Å². The van der Waals surface area contributed by atoms with Gasteiger partial charge in [0, 0.05) is 24.2 Å². The molecule has 0 bridgehead atoms. The average molecular weight is 323 g/mol. The van der Waals surface area contributed by atoms with E-state index in [1.165, 1.54) is 5.56 Å². The Morgan fingerprint density at radius 3 is 2.67 bits per heavy atom. The summed E-state index contributed by atoms with van der Waals surface area (Å²) >= 11 is 0. The van der Waals surface area contributed by atoms with Crippen LogP contribution in [0.25, 0.3) is 10.9 Å². The van der Waals surface area contributed by atoms with Crippen molar-refractivity contribution in [2.75, 3.05) is 6.54 Å². The van der Waals surface area contributed by atoms with Gasteiger partial charge in [0.25, 0.3) is 5.91 Å². The Bertz CT molecular complexity index is 871. The predicted octanol–water partition coefficient (Wildman–Crippen LogP) is 2.57. The van der Waals surface area contributed by atoms with Crippen LogP contribution in [0.1, 0.15) is 33.6 Å². The Balaban J connectivity index is 1.75. The second kappa shape index (κ2) is 6.78. The molecule has 2 aromatic heterocycles. The lowest BCUT2D eigenvalue weighted by Crippen LogP contribution is -2.25. The van der Waals surface area contributed by atoms with Crippen LogP contribution >= 0.6 is 0 Å². The highest BCUT2D eigenvalue weighted by atomic mass is 16.1. The highest BCUT2D eigenvalue weighted by Gasteiger charge is 2.13. The van der Waals surface area contributed by atoms with Crippen LogP contribution in [0.2, 0.25) is 0 Å². The molecule has 0 radical (unpaired) electrons. The minimum Gasteiger partial charge on any atom is -0.352 e. The van der Waals surface area contributed by atoms with E-state index in [2.05, 4.69) is 27.4 Å². The number of fused-ring (bicyclic) bond motifs is 1. The zero-order valence-electron chi connectivity index (χ0n) is 14.2. The number of hydrogen-bond donors (Lipinski definition) is 1. The normalized spacial score (nSPS) is 11.0. The summed E-state index contributed by atoms with van der Waals surface area (Å²) < 4.78 is 1.89. The monoisotopic (exact) mass is 323 g/mol. The molecule has 0 aliphatic rings. The van der Waals surface area contributed by atoms with Gasteiger partial charge in [-0.25, -0.2) is 0 Å². The van der Waals surface area contributed by atoms with Crippen LogP contribution in [0.5, 0.6) is 0 Å². The molecule has 0 aliphatic carbocycles. The standard InChI is InChI=1S/C18H21N5O/c1-12-5-6-15-16(9-13(2)22-17(15)14(12)3)18(24)19-7-4-8-23-10-20-21-11-23/h5-6,9-11H,4,7-8H2,1-3H3,(H,19,24). The van der Waals surface area contributed by atoms with Crippen LogP contribution in [0, 0.1) is 20.8 Å². The maximum atomic E-state index is 12.6. The summed E-state index contributed by atoms with van der Waals surface area (Å²) in [5.41, 5.74) is 4.75. The lowest BCUT2D eigenvalue weighted by molar-refractivity contribution is 0.0954. The fourth-order valence-corrected chi connectivity index (χ4v) is 2.74. The van der Waals surface area contributed by atoms with Crippen molar-refractivity contribution in [3.05, 3.63) is 53.2 Å². The number of nitrogens with zero attached hydrogens (tertiary/aromatic N) is 4. The van der Waals surface area contributed by atoms with E-state index in [-0.39, 0.29) is 5.91 Å². The van der Waals surface area contributed by atoms with Gasteiger partial charge in [-0.05, 0) is 44.4 Å². The third kappa shape index (κ3) is 3.27. The first-order valence-corrected chi connectivity index (χ1v) is 8.04. The smallest absolute Gasteiger partial charge is 0.252 e. The maximum absolute atomic E-state index is 12.6. The van der Waals surface area contributed by atoms with Gasteiger partial charge in [0.15, 0.2) is 0 Å². The van der Waals surface area contributed by atoms with Crippen molar-refractivity contribution in [3.63, 3.8) is 0 Å². The van der Waals surface area contributed by atoms with Gasteiger partial charge in [-0.15, -0.1) is 10.2 Å². The van der Waals surface area contributed by atoms with Crippen molar-refractivity contribution >= 4 is 16.8 Å². The van der Waals surface area contributed by atoms with Gasteiger partial charge >= 0.3 is 0 Å². The van der Waals surface area contributed by atoms with Crippen molar-refractivity contribution in [1.82, 2.24) is 25.1 Å². The van der Waals surface area contributed by atoms with E-state index in [9.17, 15) is 4.79 Å². The first kappa shape index (κ1) is 16.1. The number of nitrogens with one attached hydrogen (secondary N) is 1. The molecule has 0 atom stereocenters. The Hall–Kier alpha value is -2.76. The van der Waals surface area contributed by atoms with E-state index < -0.39 is 0 Å². The van der Waals surface area contributed by atoms with Gasteiger partial charge < -0.3 is 9.88 Å². The van der Waals surface area contributed by atoms with E-state index in [4.69, 9.17) is 0 Å². The molecule has 6 nitrogen and oxygen atoms in total. The quantitative estimate of drug-likeness (QED) is 0.733. The fourth-order valence-electron chi connectivity index (χ4n) is 2.74. The van der Waals surface area contributed by atoms with Gasteiger partial charge in [-0.3, -0.25) is 9.78 Å². The summed E-state index contributed by atoms with van der Waals surface area (Å²) in [4.78, 5) is 17.2. The molecule has 0 saturated heterocycles. The molecule has 2 heterocycles. The predicted molar refractivity (Wildman–Crippen MR) is 92.9 cm³/mol. The number of pyridine rings is 1. The molecule has 0 fully saturated rings. The van der Waals surface area contributed by atoms with Gasteiger partial charge in [-0.1, -0.05) is 12.1 Å². The van der Waals surface area contributed by atoms with Crippen LogP contribution in [0.3, 0.4) is 0 Å². The molecule has 124 valence electrons. The number of benzene rings is 1. The minimum absolute atomic E-state index is 0.0579. The summed E-state index contributed by atoms with van der Waals surface area (Å²) in [6, 6.07) is 5.87. The molecule has 0 unspecified atom stereocenters. The first-order chi connectivity index (χ1) is 11.6. The van der Waals surface area contributed by atoms with Crippen LogP contribution in [0.15, 0.2) is 30.9 Å². The van der Waals surface area contributed by atoms with E-state index in [0.29, 0.717) is 12.1 Å². The first-order valence-electron chi connectivity index (χ1n) is 8.04. The molecule has 0 aliphatic heterocycles. The summed E-state index contributed by atoms with van der Waals surface area (Å²) in [5.74, 6) is -0.0579. The molecule has 0 spiro atoms. The number of carbonyl (C=O) groups is 1. The Morgan fingerprint density at radius 1 is 1.17 bits per heavy atom. The summed E-state index contributed by atoms with van der Waals surface area (Å²) in [5, 5.41) is 11.4. The van der Waals surface area contributed by atoms with E-state index >= 15 is 0 Å². The Labute approximate surface area is 140 Å². The summed E-state index contributed by atoms with van der Waals surface area (Å²) in [7, 11) is 0. The number of amides is 1. The summed E-state index contributed by atoms with van der Waals surface area (Å²) in [6.07, 6.45) is 4.17. The lowest BCUT2D eigenvalue weighted by Gasteiger charge is -2.12. The molecule has 3 aromatic rings. The highest BCUT2D eigenvalue weighted by molar-refractivity contribution is 6.07. The van der Waals surface area contributed by atoms with Gasteiger partial charge in [0.1, 0.15) is 12.7 Å². The van der Waals surface area contributed by atoms with Crippen LogP contribution < -0.4 is 5.32 Å². The molecular formula is C18H21N5O. The van der Waals surface area contributed by atoms with Gasteiger partial charge in [0.05, 0.1) is 11.1 Å². The second-order valence-electron chi connectivity index (χ2n) is 6.02. The number of carbonyl (C=O) groups excluding carboxylic acids is 1. The summed E-state index contributed by atoms with van der Waals surface area (Å²) in [6.45, 7) is 7.41. The highest BCUT2D eigenvalue weighted by Crippen LogP contribution is 2.23. The molecule has 1 N–H and O–H groups in total. The molecule has 0 saturated carbocycles. The van der Waals surface area contributed by atoms with Crippen molar-refractivity contribution in [2.45, 2.75) is 33.7 Å². The second-order valence-corrected chi connectivity index (χ2v) is 6.02. The molecule has 6 heteroatoms. The third-order valence-corrected chi connectivity index (χ3v) is 4.22. The SMILES string of the molecule is Cc1cc(C(=O)NCCCn2cnnc2)c2ccc(C)c(C)c2n1. The van der Waals surface area contributed by atoms with E-state index in [1.54, 1.807) is 12.7 Å². The molecule has 1 amide bonds. The number of aromatic nitrogens is 4. The fraction of sp³-hybridized carbons (Fsp3) is 0.333. The Morgan fingerprint density at radius 2 is 1.92 bits per heavy atom. The van der Waals surface area contributed by atoms with Crippen LogP contribution in [0.4, 0.5) is 0 Å². The average Bonchev–Trinajstić information content (AvgIpc) is 3.08. The van der Waals surface area contributed by atoms with Gasteiger partial charge in [-0.2, -0.15) is 0 Å². The molecule has 24 heavy (non-hydrogen) atoms. The lowest BCUT2D eigenvalue weighted by atomic mass is 10.0. The molecule has 3 rings (SSSR count). The van der Waals surface area contributed by atoms with E-state index in [1.807, 2.05) is 36.6 Å². The largest absolute Gasteiger partial charge is 0.352 e.